The van der Waals surface area contributed by atoms with Gasteiger partial charge in [0, 0.05) is 22.3 Å². The molecule has 0 unspecified atom stereocenters. The number of aromatic nitrogens is 4. The minimum absolute atomic E-state index is 0.252. The summed E-state index contributed by atoms with van der Waals surface area (Å²) in [5, 5.41) is 12.5. The van der Waals surface area contributed by atoms with Crippen LogP contribution in [0.2, 0.25) is 0 Å². The van der Waals surface area contributed by atoms with Crippen molar-refractivity contribution in [1.82, 2.24) is 19.9 Å². The lowest BCUT2D eigenvalue weighted by Crippen LogP contribution is -2.01. The number of nitrogens with zero attached hydrogens (tertiary/aromatic N) is 5. The van der Waals surface area contributed by atoms with Crippen molar-refractivity contribution in [1.29, 1.82) is 0 Å². The van der Waals surface area contributed by atoms with Crippen molar-refractivity contribution in [3.8, 4) is 23.3 Å². The molecule has 0 aliphatic heterocycles. The highest BCUT2D eigenvalue weighted by Crippen LogP contribution is 2.39. The van der Waals surface area contributed by atoms with Crippen LogP contribution in [0.25, 0.3) is 10.9 Å². The Kier molecular flexibility index (Phi) is 4.77. The molecule has 138 valence electrons. The van der Waals surface area contributed by atoms with E-state index in [1.165, 1.54) is 6.20 Å². The Morgan fingerprint density at radius 2 is 1.75 bits per heavy atom. The quantitative estimate of drug-likeness (QED) is 0.325. The highest BCUT2D eigenvalue weighted by atomic mass is 79.9. The largest absolute Gasteiger partial charge is 0.432 e. The summed E-state index contributed by atoms with van der Waals surface area (Å²) in [7, 11) is 0. The van der Waals surface area contributed by atoms with Gasteiger partial charge in [0.1, 0.15) is 17.6 Å². The van der Waals surface area contributed by atoms with Crippen LogP contribution in [0.5, 0.6) is 23.3 Å². The maximum absolute atomic E-state index is 11.7. The van der Waals surface area contributed by atoms with E-state index in [4.69, 9.17) is 9.47 Å². The van der Waals surface area contributed by atoms with E-state index in [-0.39, 0.29) is 11.8 Å². The van der Waals surface area contributed by atoms with Crippen LogP contribution in [0.15, 0.2) is 65.8 Å². The van der Waals surface area contributed by atoms with E-state index in [9.17, 15) is 10.1 Å². The molecule has 3 aromatic heterocycles. The van der Waals surface area contributed by atoms with Crippen LogP contribution in [0.1, 0.15) is 0 Å². The van der Waals surface area contributed by atoms with Crippen molar-refractivity contribution < 1.29 is 14.4 Å². The lowest BCUT2D eigenvalue weighted by molar-refractivity contribution is -0.387. The van der Waals surface area contributed by atoms with Gasteiger partial charge in [-0.3, -0.25) is 20.1 Å². The third-order valence-corrected chi connectivity index (χ3v) is 4.36. The first-order chi connectivity index (χ1) is 13.6. The second kappa shape index (κ2) is 7.53. The van der Waals surface area contributed by atoms with Crippen molar-refractivity contribution in [3.05, 3.63) is 75.9 Å². The van der Waals surface area contributed by atoms with Gasteiger partial charge in [-0.05, 0) is 30.3 Å². The molecule has 0 saturated heterocycles. The summed E-state index contributed by atoms with van der Waals surface area (Å²) >= 11 is 3.45. The molecule has 4 aromatic rings. The first-order valence-corrected chi connectivity index (χ1v) is 8.71. The molecule has 0 spiro atoms. The molecule has 0 N–H and O–H groups in total. The summed E-state index contributed by atoms with van der Waals surface area (Å²) in [5.74, 6) is 0.101. The summed E-state index contributed by atoms with van der Waals surface area (Å²) in [6.07, 6.45) is 5.70. The minimum atomic E-state index is -0.657. The van der Waals surface area contributed by atoms with Crippen molar-refractivity contribution in [2.45, 2.75) is 0 Å². The van der Waals surface area contributed by atoms with Gasteiger partial charge in [0.2, 0.25) is 0 Å². The fraction of sp³-hybridized carbons (Fsp3) is 0. The molecule has 0 radical (unpaired) electrons. The Balaban J connectivity index is 1.78. The van der Waals surface area contributed by atoms with Crippen LogP contribution < -0.4 is 9.47 Å². The molecule has 0 aliphatic carbocycles. The number of nitro groups is 1. The zero-order valence-corrected chi connectivity index (χ0v) is 15.6. The van der Waals surface area contributed by atoms with E-state index >= 15 is 0 Å². The number of halogens is 1. The van der Waals surface area contributed by atoms with Gasteiger partial charge in [-0.15, -0.1) is 0 Å². The number of hydrogen-bond acceptors (Lipinski definition) is 8. The van der Waals surface area contributed by atoms with Crippen LogP contribution in [-0.2, 0) is 0 Å². The monoisotopic (exact) mass is 439 g/mol. The molecule has 1 aromatic carbocycles. The lowest BCUT2D eigenvalue weighted by atomic mass is 10.2. The molecule has 4 rings (SSSR count). The number of fused-ring (bicyclic) bond motifs is 1. The number of rotatable bonds is 5. The summed E-state index contributed by atoms with van der Waals surface area (Å²) < 4.78 is 12.1. The van der Waals surface area contributed by atoms with Gasteiger partial charge < -0.3 is 9.47 Å². The van der Waals surface area contributed by atoms with Crippen LogP contribution in [-0.4, -0.2) is 24.9 Å². The maximum Gasteiger partial charge on any atom is 0.393 e. The van der Waals surface area contributed by atoms with Crippen LogP contribution >= 0.6 is 15.9 Å². The third-order valence-electron chi connectivity index (χ3n) is 3.67. The average molecular weight is 440 g/mol. The van der Waals surface area contributed by atoms with Crippen LogP contribution in [0.4, 0.5) is 5.69 Å². The Hall–Kier alpha value is -3.66. The summed E-state index contributed by atoms with van der Waals surface area (Å²) in [4.78, 5) is 27.0. The number of hydrogen-bond donors (Lipinski definition) is 0. The SMILES string of the molecule is O=[N+]([O-])c1c(Oc2cccnc2)ncnc1Oc1ccc(Br)c2cccnc12. The summed E-state index contributed by atoms with van der Waals surface area (Å²) in [6, 6.07) is 10.3. The topological polar surface area (TPSA) is 113 Å². The lowest BCUT2D eigenvalue weighted by Gasteiger charge is -2.10. The second-order valence-corrected chi connectivity index (χ2v) is 6.28. The predicted molar refractivity (Wildman–Crippen MR) is 103 cm³/mol. The van der Waals surface area contributed by atoms with Gasteiger partial charge in [-0.2, -0.15) is 9.97 Å². The van der Waals surface area contributed by atoms with Crippen molar-refractivity contribution in [3.63, 3.8) is 0 Å². The number of benzene rings is 1. The first kappa shape index (κ1) is 17.7. The highest BCUT2D eigenvalue weighted by molar-refractivity contribution is 9.10. The van der Waals surface area contributed by atoms with E-state index in [0.29, 0.717) is 17.0 Å². The van der Waals surface area contributed by atoms with E-state index in [0.717, 1.165) is 16.2 Å². The van der Waals surface area contributed by atoms with Gasteiger partial charge in [0.15, 0.2) is 5.75 Å². The Morgan fingerprint density at radius 3 is 2.50 bits per heavy atom. The van der Waals surface area contributed by atoms with Gasteiger partial charge >= 0.3 is 17.4 Å². The van der Waals surface area contributed by atoms with Gasteiger partial charge in [0.05, 0.1) is 11.1 Å². The predicted octanol–water partition coefficient (Wildman–Crippen LogP) is 4.68. The normalized spacial score (nSPS) is 10.6. The Bertz CT molecular complexity index is 1170. The van der Waals surface area contributed by atoms with E-state index < -0.39 is 10.6 Å². The molecular weight excluding hydrogens is 430 g/mol. The molecule has 0 aliphatic rings. The standard InChI is InChI=1S/C18H10BrN5O4/c19-13-5-6-14(15-12(13)4-2-8-21-15)28-18-16(24(25)26)17(22-10-23-18)27-11-3-1-7-20-9-11/h1-10H. The van der Waals surface area contributed by atoms with Gasteiger partial charge in [-0.25, -0.2) is 0 Å². The molecule has 10 heteroatoms. The zero-order chi connectivity index (χ0) is 19.5. The van der Waals surface area contributed by atoms with Crippen LogP contribution in [0.3, 0.4) is 0 Å². The summed E-state index contributed by atoms with van der Waals surface area (Å²) in [6.45, 7) is 0. The Labute approximate surface area is 166 Å². The highest BCUT2D eigenvalue weighted by Gasteiger charge is 2.27. The Morgan fingerprint density at radius 1 is 0.964 bits per heavy atom. The van der Waals surface area contributed by atoms with Gasteiger partial charge in [-0.1, -0.05) is 22.0 Å². The number of ether oxygens (including phenoxy) is 2. The van der Waals surface area contributed by atoms with Crippen molar-refractivity contribution >= 4 is 32.5 Å². The smallest absolute Gasteiger partial charge is 0.393 e. The first-order valence-electron chi connectivity index (χ1n) is 7.92. The maximum atomic E-state index is 11.7. The fourth-order valence-electron chi connectivity index (χ4n) is 2.47. The molecular formula is C18H10BrN5O4. The molecule has 0 bridgehead atoms. The van der Waals surface area contributed by atoms with E-state index in [1.807, 2.05) is 6.07 Å². The average Bonchev–Trinajstić information content (AvgIpc) is 2.71. The number of pyridine rings is 2. The van der Waals surface area contributed by atoms with E-state index in [2.05, 4.69) is 35.9 Å². The molecule has 0 amide bonds. The van der Waals surface area contributed by atoms with Crippen molar-refractivity contribution in [2.75, 3.05) is 0 Å². The minimum Gasteiger partial charge on any atom is -0.432 e. The molecule has 0 fully saturated rings. The molecule has 0 atom stereocenters. The van der Waals surface area contributed by atoms with Gasteiger partial charge in [0.25, 0.3) is 0 Å². The third kappa shape index (κ3) is 3.45. The van der Waals surface area contributed by atoms with Crippen LogP contribution in [0, 0.1) is 10.1 Å². The van der Waals surface area contributed by atoms with Crippen molar-refractivity contribution in [2.24, 2.45) is 0 Å². The summed E-state index contributed by atoms with van der Waals surface area (Å²) in [5.41, 5.74) is 0.0258. The molecule has 9 nitrogen and oxygen atoms in total. The molecule has 3 heterocycles. The van der Waals surface area contributed by atoms with E-state index in [1.54, 1.807) is 42.7 Å². The molecule has 0 saturated carbocycles. The zero-order valence-electron chi connectivity index (χ0n) is 14.0. The fourth-order valence-corrected chi connectivity index (χ4v) is 2.92. The second-order valence-electron chi connectivity index (χ2n) is 5.43. The molecule has 28 heavy (non-hydrogen) atoms.